The largest absolute Gasteiger partial charge is 1.00 e. The number of hydrogen-bond acceptors (Lipinski definition) is 4. The van der Waals surface area contributed by atoms with Gasteiger partial charge < -0.3 is 19.6 Å². The van der Waals surface area contributed by atoms with Crippen molar-refractivity contribution in [3.63, 3.8) is 0 Å². The zero-order valence-electron chi connectivity index (χ0n) is 14.4. The summed E-state index contributed by atoms with van der Waals surface area (Å²) in [6.07, 6.45) is 1.28. The second-order valence-corrected chi connectivity index (χ2v) is 6.23. The molecule has 6 nitrogen and oxygen atoms in total. The zero-order chi connectivity index (χ0) is 16.6. The molecular weight excluding hydrogens is 303 g/mol. The summed E-state index contributed by atoms with van der Waals surface area (Å²) in [5, 5.41) is 13.0. The number of benzene rings is 1. The summed E-state index contributed by atoms with van der Waals surface area (Å²) < 4.78 is 5.13. The molecule has 0 N–H and O–H groups in total. The maximum atomic E-state index is 13.0. The van der Waals surface area contributed by atoms with Crippen LogP contribution in [0.3, 0.4) is 0 Å². The Kier molecular flexibility index (Phi) is 5.77. The summed E-state index contributed by atoms with van der Waals surface area (Å²) in [5.41, 5.74) is 0.941. The molecule has 0 unspecified atom stereocenters. The van der Waals surface area contributed by atoms with Crippen molar-refractivity contribution >= 4 is 11.8 Å². The van der Waals surface area contributed by atoms with Crippen LogP contribution in [0.15, 0.2) is 30.3 Å². The van der Waals surface area contributed by atoms with Crippen LogP contribution in [-0.4, -0.2) is 53.6 Å². The fourth-order valence-corrected chi connectivity index (χ4v) is 3.59. The predicted molar refractivity (Wildman–Crippen MR) is 80.9 cm³/mol. The van der Waals surface area contributed by atoms with E-state index in [0.29, 0.717) is 19.4 Å². The summed E-state index contributed by atoms with van der Waals surface area (Å²) in [6.45, 7) is 0.334. The molecule has 0 radical (unpaired) electrons. The van der Waals surface area contributed by atoms with E-state index < -0.39 is 17.9 Å². The Bertz CT molecular complexity index is 612. The Morgan fingerprint density at radius 1 is 1.25 bits per heavy atom. The van der Waals surface area contributed by atoms with Gasteiger partial charge >= 0.3 is 18.9 Å². The van der Waals surface area contributed by atoms with Gasteiger partial charge in [-0.05, 0) is 24.8 Å². The third-order valence-electron chi connectivity index (χ3n) is 4.87. The number of carbonyl (C=O) groups excluding carboxylic acids is 2. The van der Waals surface area contributed by atoms with E-state index in [1.165, 1.54) is 19.1 Å². The second kappa shape index (κ2) is 7.28. The molecule has 1 aromatic carbocycles. The van der Waals surface area contributed by atoms with Gasteiger partial charge in [-0.3, -0.25) is 9.59 Å². The number of rotatable bonds is 3. The van der Waals surface area contributed by atoms with Gasteiger partial charge in [-0.15, -0.1) is 0 Å². The number of nitrogens with zero attached hydrogens (tertiary/aromatic N) is 2. The predicted octanol–water partition coefficient (Wildman–Crippen LogP) is -2.88. The quantitative estimate of drug-likeness (QED) is 0.442. The monoisotopic (exact) mass is 324 g/mol. The van der Waals surface area contributed by atoms with Crippen LogP contribution < -0.4 is 24.0 Å². The van der Waals surface area contributed by atoms with Gasteiger partial charge in [0.05, 0.1) is 0 Å². The molecule has 124 valence electrons. The number of methoxy groups -OCH3 is 1. The number of amides is 2. The summed E-state index contributed by atoms with van der Waals surface area (Å²) in [4.78, 5) is 28.4. The van der Waals surface area contributed by atoms with Gasteiger partial charge in [-0.2, -0.15) is 0 Å². The number of likely N-dealkylation sites (N-methyl/N-ethyl adjacent to an activating group) is 1. The summed E-state index contributed by atoms with van der Waals surface area (Å²) in [7, 11) is 2.84. The maximum absolute atomic E-state index is 13.0. The van der Waals surface area contributed by atoms with E-state index in [-0.39, 0.29) is 37.1 Å². The summed E-state index contributed by atoms with van der Waals surface area (Å²) in [6, 6.07) is 7.90. The molecular formula is C17H21LiN2O4. The molecule has 2 amide bonds. The van der Waals surface area contributed by atoms with Crippen LogP contribution in [0.1, 0.15) is 24.8 Å². The molecule has 3 aliphatic rings. The minimum atomic E-state index is -1.89. The van der Waals surface area contributed by atoms with Crippen molar-refractivity contribution < 1.29 is 38.3 Å². The van der Waals surface area contributed by atoms with Crippen LogP contribution in [0.25, 0.3) is 0 Å². The van der Waals surface area contributed by atoms with E-state index in [4.69, 9.17) is 4.74 Å². The fraction of sp³-hybridized carbons (Fsp3) is 0.529. The number of fused-ring (bicyclic) bond motifs is 5. The van der Waals surface area contributed by atoms with Crippen molar-refractivity contribution in [2.75, 3.05) is 14.2 Å². The Morgan fingerprint density at radius 2 is 1.92 bits per heavy atom. The van der Waals surface area contributed by atoms with Gasteiger partial charge in [-0.1, -0.05) is 30.3 Å². The molecule has 0 aliphatic carbocycles. The fourth-order valence-electron chi connectivity index (χ4n) is 3.59. The van der Waals surface area contributed by atoms with E-state index >= 15 is 0 Å². The molecule has 0 saturated carbocycles. The number of hydrogen-bond donors (Lipinski definition) is 0. The van der Waals surface area contributed by atoms with Crippen molar-refractivity contribution in [2.45, 2.75) is 43.7 Å². The van der Waals surface area contributed by atoms with E-state index in [2.05, 4.69) is 0 Å². The Hall–Kier alpha value is -1.32. The van der Waals surface area contributed by atoms with Gasteiger partial charge in [0.2, 0.25) is 11.8 Å². The van der Waals surface area contributed by atoms with Crippen LogP contribution in [0.2, 0.25) is 0 Å². The first-order chi connectivity index (χ1) is 11.0. The molecule has 3 heterocycles. The number of piperazine rings is 1. The van der Waals surface area contributed by atoms with Crippen LogP contribution in [0.4, 0.5) is 0 Å². The van der Waals surface area contributed by atoms with Gasteiger partial charge in [0.15, 0.2) is 0 Å². The zero-order valence-corrected chi connectivity index (χ0v) is 14.4. The van der Waals surface area contributed by atoms with Crippen molar-refractivity contribution in [3.05, 3.63) is 35.9 Å². The SMILES string of the molecule is CO[C@@]1([O-])CCC[C@H]2C(=O)N(C)[C@@H]1C(=O)N2Cc1ccccc1.[Li+]. The molecule has 0 aromatic heterocycles. The average Bonchev–Trinajstić information content (AvgIpc) is 2.55. The molecule has 3 fully saturated rings. The van der Waals surface area contributed by atoms with Crippen LogP contribution in [0, 0.1) is 0 Å². The Morgan fingerprint density at radius 3 is 2.54 bits per heavy atom. The molecule has 1 aromatic rings. The normalized spacial score (nSPS) is 30.0. The van der Waals surface area contributed by atoms with E-state index in [9.17, 15) is 14.7 Å². The van der Waals surface area contributed by atoms with Crippen molar-refractivity contribution in [2.24, 2.45) is 0 Å². The summed E-state index contributed by atoms with van der Waals surface area (Å²) >= 11 is 0. The third-order valence-corrected chi connectivity index (χ3v) is 4.87. The van der Waals surface area contributed by atoms with E-state index in [1.54, 1.807) is 4.90 Å². The summed E-state index contributed by atoms with van der Waals surface area (Å²) in [5.74, 6) is -2.39. The molecule has 24 heavy (non-hydrogen) atoms. The van der Waals surface area contributed by atoms with Crippen molar-refractivity contribution in [1.29, 1.82) is 0 Å². The molecule has 2 bridgehead atoms. The van der Waals surface area contributed by atoms with E-state index in [0.717, 1.165) is 5.56 Å². The number of ether oxygens (including phenoxy) is 1. The molecule has 3 saturated heterocycles. The Labute approximate surface area is 153 Å². The smallest absolute Gasteiger partial charge is 0.827 e. The van der Waals surface area contributed by atoms with Crippen LogP contribution >= 0.6 is 0 Å². The average molecular weight is 324 g/mol. The molecule has 0 spiro atoms. The van der Waals surface area contributed by atoms with Crippen LogP contribution in [0.5, 0.6) is 0 Å². The van der Waals surface area contributed by atoms with Gasteiger partial charge in [0.1, 0.15) is 12.1 Å². The van der Waals surface area contributed by atoms with Crippen molar-refractivity contribution in [3.8, 4) is 0 Å². The molecule has 3 atom stereocenters. The van der Waals surface area contributed by atoms with Gasteiger partial charge in [0.25, 0.3) is 0 Å². The first kappa shape index (κ1) is 19.0. The Balaban J connectivity index is 0.00000208. The van der Waals surface area contributed by atoms with Gasteiger partial charge in [-0.25, -0.2) is 0 Å². The molecule has 3 aliphatic heterocycles. The van der Waals surface area contributed by atoms with Crippen LogP contribution in [-0.2, 0) is 20.9 Å². The number of carbonyl (C=O) groups is 2. The molecule has 7 heteroatoms. The first-order valence-corrected chi connectivity index (χ1v) is 7.84. The van der Waals surface area contributed by atoms with E-state index in [1.807, 2.05) is 30.3 Å². The standard InChI is InChI=1S/C17H21N2O4.Li/c1-18-14-16(21)19(11-12-7-4-3-5-8-12)13(15(18)20)9-6-10-17(14,22)23-2;/h3-5,7-8,13-14H,6,9-11H2,1-2H3;/q-1;+1/t13-,14+,17-;/m0./s1. The third kappa shape index (κ3) is 3.12. The maximum Gasteiger partial charge on any atom is 1.00 e. The minimum Gasteiger partial charge on any atom is -0.827 e. The molecule has 4 rings (SSSR count). The topological polar surface area (TPSA) is 72.9 Å². The first-order valence-electron chi connectivity index (χ1n) is 7.84. The van der Waals surface area contributed by atoms with Crippen molar-refractivity contribution in [1.82, 2.24) is 9.80 Å². The van der Waals surface area contributed by atoms with Gasteiger partial charge in [0, 0.05) is 26.5 Å². The minimum absolute atomic E-state index is 0. The second-order valence-electron chi connectivity index (χ2n) is 6.23.